The Morgan fingerprint density at radius 1 is 1.00 bits per heavy atom. The molecule has 20 heavy (non-hydrogen) atoms. The minimum Gasteiger partial charge on any atom is -0.396 e. The quantitative estimate of drug-likeness (QED) is 0.730. The van der Waals surface area contributed by atoms with Crippen molar-refractivity contribution in [3.05, 3.63) is 0 Å². The molecule has 0 saturated heterocycles. The molecule has 3 nitrogen and oxygen atoms in total. The van der Waals surface area contributed by atoms with Crippen molar-refractivity contribution < 1.29 is 15.3 Å². The lowest BCUT2D eigenvalue weighted by molar-refractivity contribution is -0.0442. The average molecular weight is 284 g/mol. The van der Waals surface area contributed by atoms with Crippen LogP contribution in [0.25, 0.3) is 0 Å². The van der Waals surface area contributed by atoms with E-state index >= 15 is 0 Å². The van der Waals surface area contributed by atoms with Gasteiger partial charge < -0.3 is 15.3 Å². The van der Waals surface area contributed by atoms with Gasteiger partial charge in [-0.25, -0.2) is 0 Å². The fourth-order valence-corrected chi connectivity index (χ4v) is 4.61. The van der Waals surface area contributed by atoms with Crippen LogP contribution in [-0.2, 0) is 0 Å². The molecule has 0 amide bonds. The van der Waals surface area contributed by atoms with Crippen molar-refractivity contribution in [3.63, 3.8) is 0 Å². The molecule has 4 atom stereocenters. The van der Waals surface area contributed by atoms with Gasteiger partial charge in [-0.3, -0.25) is 0 Å². The Bertz CT molecular complexity index is 297. The topological polar surface area (TPSA) is 60.7 Å². The van der Waals surface area contributed by atoms with Crippen molar-refractivity contribution in [1.29, 1.82) is 0 Å². The Morgan fingerprint density at radius 2 is 1.65 bits per heavy atom. The fourth-order valence-electron chi connectivity index (χ4n) is 4.61. The van der Waals surface area contributed by atoms with Gasteiger partial charge in [0.05, 0.1) is 12.2 Å². The molecule has 2 aliphatic carbocycles. The summed E-state index contributed by atoms with van der Waals surface area (Å²) in [6.07, 6.45) is 7.32. The van der Waals surface area contributed by atoms with E-state index in [4.69, 9.17) is 0 Å². The molecule has 0 heterocycles. The first-order chi connectivity index (χ1) is 9.46. The fraction of sp³-hybridized carbons (Fsp3) is 1.00. The molecular weight excluding hydrogens is 252 g/mol. The van der Waals surface area contributed by atoms with Gasteiger partial charge in [0, 0.05) is 6.61 Å². The molecule has 0 aromatic heterocycles. The smallest absolute Gasteiger partial charge is 0.0543 e. The average Bonchev–Trinajstić information content (AvgIpc) is 2.40. The van der Waals surface area contributed by atoms with E-state index in [0.717, 1.165) is 51.4 Å². The van der Waals surface area contributed by atoms with Crippen LogP contribution in [0, 0.1) is 23.2 Å². The third-order valence-corrected chi connectivity index (χ3v) is 6.17. The summed E-state index contributed by atoms with van der Waals surface area (Å²) < 4.78 is 0. The van der Waals surface area contributed by atoms with Gasteiger partial charge >= 0.3 is 0 Å². The molecule has 2 aliphatic rings. The predicted molar refractivity (Wildman–Crippen MR) is 80.3 cm³/mol. The van der Waals surface area contributed by atoms with E-state index in [0.29, 0.717) is 17.8 Å². The normalized spacial score (nSPS) is 47.5. The summed E-state index contributed by atoms with van der Waals surface area (Å²) >= 11 is 0. The van der Waals surface area contributed by atoms with Crippen molar-refractivity contribution >= 4 is 0 Å². The third kappa shape index (κ3) is 3.55. The Kier molecular flexibility index (Phi) is 5.49. The van der Waals surface area contributed by atoms with Gasteiger partial charge in [0.2, 0.25) is 0 Å². The van der Waals surface area contributed by atoms with E-state index in [-0.39, 0.29) is 24.2 Å². The minimum atomic E-state index is -0.217. The van der Waals surface area contributed by atoms with Crippen LogP contribution in [0.1, 0.15) is 65.2 Å². The van der Waals surface area contributed by atoms with E-state index in [1.165, 1.54) is 0 Å². The van der Waals surface area contributed by atoms with Crippen molar-refractivity contribution in [3.8, 4) is 0 Å². The summed E-state index contributed by atoms with van der Waals surface area (Å²) in [6, 6.07) is 0. The second-order valence-electron chi connectivity index (χ2n) is 7.64. The Labute approximate surface area is 123 Å². The Morgan fingerprint density at radius 3 is 2.25 bits per heavy atom. The van der Waals surface area contributed by atoms with E-state index in [2.05, 4.69) is 13.8 Å². The molecule has 118 valence electrons. The molecule has 3 heteroatoms. The third-order valence-electron chi connectivity index (χ3n) is 6.17. The zero-order valence-corrected chi connectivity index (χ0v) is 13.1. The first-order valence-corrected chi connectivity index (χ1v) is 8.43. The first-order valence-electron chi connectivity index (χ1n) is 8.43. The van der Waals surface area contributed by atoms with Crippen molar-refractivity contribution in [2.75, 3.05) is 6.61 Å². The molecule has 0 radical (unpaired) electrons. The Balaban J connectivity index is 2.17. The lowest BCUT2D eigenvalue weighted by Gasteiger charge is -2.48. The maximum atomic E-state index is 10.3. The molecular formula is C17H32O3. The van der Waals surface area contributed by atoms with E-state index < -0.39 is 0 Å². The molecule has 3 N–H and O–H groups in total. The number of hydrogen-bond acceptors (Lipinski definition) is 3. The van der Waals surface area contributed by atoms with Gasteiger partial charge in [-0.1, -0.05) is 26.7 Å². The molecule has 0 aromatic carbocycles. The molecule has 0 bridgehead atoms. The molecule has 0 aromatic rings. The highest BCUT2D eigenvalue weighted by atomic mass is 16.3. The van der Waals surface area contributed by atoms with E-state index in [1.807, 2.05) is 0 Å². The lowest BCUT2D eigenvalue weighted by atomic mass is 9.58. The minimum absolute atomic E-state index is 0.147. The van der Waals surface area contributed by atoms with Gasteiger partial charge in [-0.15, -0.1) is 0 Å². The van der Waals surface area contributed by atoms with Crippen molar-refractivity contribution in [2.24, 2.45) is 23.2 Å². The summed E-state index contributed by atoms with van der Waals surface area (Å²) in [6.45, 7) is 4.80. The molecule has 1 unspecified atom stereocenters. The van der Waals surface area contributed by atoms with Crippen LogP contribution >= 0.6 is 0 Å². The maximum Gasteiger partial charge on any atom is 0.0543 e. The summed E-state index contributed by atoms with van der Waals surface area (Å²) in [7, 11) is 0. The zero-order chi connectivity index (χ0) is 14.8. The summed E-state index contributed by atoms with van der Waals surface area (Å²) in [4.78, 5) is 0. The highest BCUT2D eigenvalue weighted by molar-refractivity contribution is 4.93. The number of aliphatic hydroxyl groups is 3. The molecule has 0 aliphatic heterocycles. The van der Waals surface area contributed by atoms with Crippen molar-refractivity contribution in [1.82, 2.24) is 0 Å². The SMILES string of the molecule is CC1CCC[C@@H](O)C[C@H](C2(C)CCC(O)CC2)[C@H]1CO. The number of aliphatic hydroxyl groups excluding tert-OH is 3. The van der Waals surface area contributed by atoms with Crippen LogP contribution < -0.4 is 0 Å². The van der Waals surface area contributed by atoms with Gasteiger partial charge in [-0.2, -0.15) is 0 Å². The summed E-state index contributed by atoms with van der Waals surface area (Å²) in [5.74, 6) is 1.21. The molecule has 0 spiro atoms. The van der Waals surface area contributed by atoms with Crippen LogP contribution in [0.3, 0.4) is 0 Å². The van der Waals surface area contributed by atoms with Gasteiger partial charge in [-0.05, 0) is 61.7 Å². The zero-order valence-electron chi connectivity index (χ0n) is 13.1. The number of hydrogen-bond donors (Lipinski definition) is 3. The number of rotatable bonds is 2. The summed E-state index contributed by atoms with van der Waals surface area (Å²) in [5.41, 5.74) is 0.166. The van der Waals surface area contributed by atoms with Crippen LogP contribution in [-0.4, -0.2) is 34.1 Å². The second kappa shape index (κ2) is 6.76. The highest BCUT2D eigenvalue weighted by Gasteiger charge is 2.43. The van der Waals surface area contributed by atoms with Crippen LogP contribution in [0.4, 0.5) is 0 Å². The van der Waals surface area contributed by atoms with Gasteiger partial charge in [0.15, 0.2) is 0 Å². The monoisotopic (exact) mass is 284 g/mol. The molecule has 2 fully saturated rings. The van der Waals surface area contributed by atoms with Crippen LogP contribution in [0.5, 0.6) is 0 Å². The highest BCUT2D eigenvalue weighted by Crippen LogP contribution is 2.50. The largest absolute Gasteiger partial charge is 0.396 e. The van der Waals surface area contributed by atoms with Crippen molar-refractivity contribution in [2.45, 2.75) is 77.4 Å². The maximum absolute atomic E-state index is 10.3. The summed E-state index contributed by atoms with van der Waals surface area (Å²) in [5, 5.41) is 29.9. The standard InChI is InChI=1S/C17H32O3/c1-12-4-3-5-14(20)10-16(15(12)11-18)17(2)8-6-13(19)7-9-17/h12-16,18-20H,3-11H2,1-2H3/t12?,13?,14-,15+,16+,17?/m1/s1. The first kappa shape index (κ1) is 16.3. The van der Waals surface area contributed by atoms with Crippen LogP contribution in [0.2, 0.25) is 0 Å². The van der Waals surface area contributed by atoms with Crippen LogP contribution in [0.15, 0.2) is 0 Å². The molecule has 2 saturated carbocycles. The van der Waals surface area contributed by atoms with Gasteiger partial charge in [0.25, 0.3) is 0 Å². The van der Waals surface area contributed by atoms with Gasteiger partial charge in [0.1, 0.15) is 0 Å². The van der Waals surface area contributed by atoms with E-state index in [1.54, 1.807) is 0 Å². The second-order valence-corrected chi connectivity index (χ2v) is 7.64. The lowest BCUT2D eigenvalue weighted by Crippen LogP contribution is -2.43. The molecule has 2 rings (SSSR count). The van der Waals surface area contributed by atoms with E-state index in [9.17, 15) is 15.3 Å². The Hall–Kier alpha value is -0.120. The predicted octanol–water partition coefficient (Wildman–Crippen LogP) is 2.72.